The lowest BCUT2D eigenvalue weighted by molar-refractivity contribution is -0.384. The molecule has 22 heavy (non-hydrogen) atoms. The standard InChI is InChI=1S/C15H14N2O4S/c1-11-2-5-14(6-3-11)22(20,21)16-9-8-12-10-13(17(18)19)4-7-15(12)16/h2-7,10H,8-9H2,1H3. The molecule has 0 fully saturated rings. The van der Waals surface area contributed by atoms with Crippen LogP contribution in [0.2, 0.25) is 0 Å². The molecule has 0 bridgehead atoms. The van der Waals surface area contributed by atoms with Gasteiger partial charge in [-0.2, -0.15) is 0 Å². The van der Waals surface area contributed by atoms with Gasteiger partial charge in [0.25, 0.3) is 15.7 Å². The first-order valence-electron chi connectivity index (χ1n) is 6.76. The van der Waals surface area contributed by atoms with Crippen molar-refractivity contribution in [2.24, 2.45) is 0 Å². The number of nitro groups is 1. The van der Waals surface area contributed by atoms with Gasteiger partial charge >= 0.3 is 0 Å². The zero-order valence-corrected chi connectivity index (χ0v) is 12.7. The van der Waals surface area contributed by atoms with Crippen LogP contribution in [-0.4, -0.2) is 19.9 Å². The Hall–Kier alpha value is -2.41. The summed E-state index contributed by atoms with van der Waals surface area (Å²) in [5.74, 6) is 0. The quantitative estimate of drug-likeness (QED) is 0.643. The van der Waals surface area contributed by atoms with Gasteiger partial charge in [0.1, 0.15) is 0 Å². The zero-order valence-electron chi connectivity index (χ0n) is 11.9. The summed E-state index contributed by atoms with van der Waals surface area (Å²) in [4.78, 5) is 10.6. The van der Waals surface area contributed by atoms with Gasteiger partial charge < -0.3 is 0 Å². The maximum Gasteiger partial charge on any atom is 0.269 e. The highest BCUT2D eigenvalue weighted by atomic mass is 32.2. The van der Waals surface area contributed by atoms with Crippen molar-refractivity contribution in [1.82, 2.24) is 0 Å². The van der Waals surface area contributed by atoms with E-state index in [1.54, 1.807) is 24.3 Å². The van der Waals surface area contributed by atoms with Gasteiger partial charge in [-0.25, -0.2) is 8.42 Å². The van der Waals surface area contributed by atoms with Crippen LogP contribution in [0, 0.1) is 17.0 Å². The molecule has 0 unspecified atom stereocenters. The Bertz CT molecular complexity index is 844. The molecule has 1 aliphatic rings. The van der Waals surface area contributed by atoms with E-state index in [2.05, 4.69) is 0 Å². The number of aryl methyl sites for hydroxylation is 1. The fraction of sp³-hybridized carbons (Fsp3) is 0.200. The summed E-state index contributed by atoms with van der Waals surface area (Å²) in [7, 11) is -3.64. The Kier molecular flexibility index (Phi) is 3.37. The molecule has 7 heteroatoms. The van der Waals surface area contributed by atoms with Crippen molar-refractivity contribution in [3.63, 3.8) is 0 Å². The molecule has 2 aromatic carbocycles. The van der Waals surface area contributed by atoms with Crippen LogP contribution in [0.4, 0.5) is 11.4 Å². The third-order valence-corrected chi connectivity index (χ3v) is 5.56. The van der Waals surface area contributed by atoms with E-state index < -0.39 is 14.9 Å². The van der Waals surface area contributed by atoms with Gasteiger partial charge in [-0.3, -0.25) is 14.4 Å². The molecule has 1 aliphatic heterocycles. The second-order valence-electron chi connectivity index (χ2n) is 5.21. The molecule has 3 rings (SSSR count). The molecule has 1 heterocycles. The number of sulfonamides is 1. The van der Waals surface area contributed by atoms with Gasteiger partial charge in [0.05, 0.1) is 15.5 Å². The average Bonchev–Trinajstić information content (AvgIpc) is 2.91. The maximum atomic E-state index is 12.7. The third-order valence-electron chi connectivity index (χ3n) is 3.74. The molecule has 2 aromatic rings. The molecule has 0 N–H and O–H groups in total. The number of fused-ring (bicyclic) bond motifs is 1. The van der Waals surface area contributed by atoms with Crippen molar-refractivity contribution in [1.29, 1.82) is 0 Å². The van der Waals surface area contributed by atoms with E-state index >= 15 is 0 Å². The molecule has 0 radical (unpaired) electrons. The van der Waals surface area contributed by atoms with Gasteiger partial charge in [-0.1, -0.05) is 17.7 Å². The number of hydrogen-bond acceptors (Lipinski definition) is 4. The van der Waals surface area contributed by atoms with Crippen LogP contribution in [0.15, 0.2) is 47.4 Å². The van der Waals surface area contributed by atoms with Crippen LogP contribution in [0.5, 0.6) is 0 Å². The van der Waals surface area contributed by atoms with Crippen molar-refractivity contribution in [2.75, 3.05) is 10.8 Å². The number of benzene rings is 2. The van der Waals surface area contributed by atoms with Crippen LogP contribution < -0.4 is 4.31 Å². The molecule has 0 aromatic heterocycles. The Balaban J connectivity index is 2.02. The topological polar surface area (TPSA) is 80.5 Å². The Morgan fingerprint density at radius 3 is 2.45 bits per heavy atom. The smallest absolute Gasteiger partial charge is 0.266 e. The summed E-state index contributed by atoms with van der Waals surface area (Å²) < 4.78 is 26.8. The SMILES string of the molecule is Cc1ccc(S(=O)(=O)N2CCc3cc([N+](=O)[O-])ccc32)cc1. The first-order valence-corrected chi connectivity index (χ1v) is 8.20. The fourth-order valence-electron chi connectivity index (χ4n) is 2.56. The Morgan fingerprint density at radius 1 is 1.14 bits per heavy atom. The lowest BCUT2D eigenvalue weighted by atomic mass is 10.1. The summed E-state index contributed by atoms with van der Waals surface area (Å²) in [5.41, 5.74) is 2.17. The normalized spacial score (nSPS) is 14.0. The highest BCUT2D eigenvalue weighted by Crippen LogP contribution is 2.35. The molecule has 0 aliphatic carbocycles. The number of nitro benzene ring substituents is 1. The van der Waals surface area contributed by atoms with E-state index in [1.165, 1.54) is 22.5 Å². The largest absolute Gasteiger partial charge is 0.269 e. The highest BCUT2D eigenvalue weighted by molar-refractivity contribution is 7.92. The average molecular weight is 318 g/mol. The fourth-order valence-corrected chi connectivity index (χ4v) is 4.06. The molecular formula is C15H14N2O4S. The summed E-state index contributed by atoms with van der Waals surface area (Å²) in [6.07, 6.45) is 0.474. The van der Waals surface area contributed by atoms with E-state index in [-0.39, 0.29) is 10.6 Å². The maximum absolute atomic E-state index is 12.7. The minimum absolute atomic E-state index is 0.0201. The number of hydrogen-bond donors (Lipinski definition) is 0. The number of non-ortho nitro benzene ring substituents is 1. The van der Waals surface area contributed by atoms with Gasteiger partial charge in [0.15, 0.2) is 0 Å². The van der Waals surface area contributed by atoms with Gasteiger partial charge in [0.2, 0.25) is 0 Å². The molecule has 0 spiro atoms. The second kappa shape index (κ2) is 5.10. The summed E-state index contributed by atoms with van der Waals surface area (Å²) in [5, 5.41) is 10.8. The number of rotatable bonds is 3. The van der Waals surface area contributed by atoms with Gasteiger partial charge in [-0.15, -0.1) is 0 Å². The van der Waals surface area contributed by atoms with Crippen molar-refractivity contribution in [2.45, 2.75) is 18.2 Å². The van der Waals surface area contributed by atoms with Gasteiger partial charge in [-0.05, 0) is 37.1 Å². The van der Waals surface area contributed by atoms with E-state index in [0.29, 0.717) is 24.2 Å². The third kappa shape index (κ3) is 2.33. The molecule has 114 valence electrons. The molecular weight excluding hydrogens is 304 g/mol. The van der Waals surface area contributed by atoms with E-state index in [0.717, 1.165) is 5.56 Å². The van der Waals surface area contributed by atoms with Crippen molar-refractivity contribution < 1.29 is 13.3 Å². The van der Waals surface area contributed by atoms with E-state index in [1.807, 2.05) is 6.92 Å². The molecule has 0 saturated heterocycles. The molecule has 6 nitrogen and oxygen atoms in total. The van der Waals surface area contributed by atoms with Crippen molar-refractivity contribution >= 4 is 21.4 Å². The van der Waals surface area contributed by atoms with Crippen LogP contribution in [0.25, 0.3) is 0 Å². The predicted molar refractivity (Wildman–Crippen MR) is 82.5 cm³/mol. The first kappa shape index (κ1) is 14.5. The van der Waals surface area contributed by atoms with Crippen molar-refractivity contribution in [3.8, 4) is 0 Å². The lowest BCUT2D eigenvalue weighted by Gasteiger charge is -2.19. The minimum Gasteiger partial charge on any atom is -0.266 e. The second-order valence-corrected chi connectivity index (χ2v) is 7.07. The minimum atomic E-state index is -3.64. The Morgan fingerprint density at radius 2 is 1.82 bits per heavy atom. The first-order chi connectivity index (χ1) is 10.4. The van der Waals surface area contributed by atoms with E-state index in [9.17, 15) is 18.5 Å². The van der Waals surface area contributed by atoms with Crippen LogP contribution in [-0.2, 0) is 16.4 Å². The van der Waals surface area contributed by atoms with Gasteiger partial charge in [0, 0.05) is 18.7 Å². The zero-order chi connectivity index (χ0) is 15.9. The molecule has 0 amide bonds. The number of anilines is 1. The molecule has 0 saturated carbocycles. The lowest BCUT2D eigenvalue weighted by Crippen LogP contribution is -2.29. The Labute approximate surface area is 128 Å². The summed E-state index contributed by atoms with van der Waals surface area (Å²) >= 11 is 0. The van der Waals surface area contributed by atoms with Crippen LogP contribution >= 0.6 is 0 Å². The molecule has 0 atom stereocenters. The van der Waals surface area contributed by atoms with Crippen molar-refractivity contribution in [3.05, 3.63) is 63.7 Å². The van der Waals surface area contributed by atoms with E-state index in [4.69, 9.17) is 0 Å². The summed E-state index contributed by atoms with van der Waals surface area (Å²) in [6, 6.07) is 10.9. The highest BCUT2D eigenvalue weighted by Gasteiger charge is 2.31. The monoisotopic (exact) mass is 318 g/mol. The van der Waals surface area contributed by atoms with Crippen LogP contribution in [0.1, 0.15) is 11.1 Å². The van der Waals surface area contributed by atoms with Crippen LogP contribution in [0.3, 0.4) is 0 Å². The summed E-state index contributed by atoms with van der Waals surface area (Å²) in [6.45, 7) is 2.19. The number of nitrogens with zero attached hydrogens (tertiary/aromatic N) is 2. The predicted octanol–water partition coefficient (Wildman–Crippen LogP) is 2.65.